The van der Waals surface area contributed by atoms with Crippen molar-refractivity contribution >= 4 is 24.8 Å². The number of rotatable bonds is 9. The number of hydrogen-bond acceptors (Lipinski definition) is 6. The highest BCUT2D eigenvalue weighted by Crippen LogP contribution is 2.19. The maximum atomic E-state index is 8.81. The Hall–Kier alpha value is -3.58. The molecule has 9 nitrogen and oxygen atoms in total. The fourth-order valence-corrected chi connectivity index (χ4v) is 2.27. The molecule has 0 bridgehead atoms. The highest BCUT2D eigenvalue weighted by Gasteiger charge is 2.15. The van der Waals surface area contributed by atoms with Crippen molar-refractivity contribution in [1.29, 1.82) is 5.41 Å². The fraction of sp³-hybridized carbons (Fsp3) is 0.435. The molecule has 0 aromatic rings. The lowest BCUT2D eigenvalue weighted by Gasteiger charge is -2.22. The maximum Gasteiger partial charge on any atom is 0.165 e. The summed E-state index contributed by atoms with van der Waals surface area (Å²) < 4.78 is 10.6. The number of aliphatic imine (C=N–C) groups is 1. The van der Waals surface area contributed by atoms with Crippen molar-refractivity contribution in [2.24, 2.45) is 15.8 Å². The van der Waals surface area contributed by atoms with Crippen molar-refractivity contribution < 1.29 is 14.3 Å². The molecule has 176 valence electrons. The molecule has 0 saturated heterocycles. The number of aldehydes is 1. The monoisotopic (exact) mass is 444 g/mol. The van der Waals surface area contributed by atoms with Crippen LogP contribution < -0.4 is 5.73 Å². The van der Waals surface area contributed by atoms with Gasteiger partial charge in [0.2, 0.25) is 0 Å². The van der Waals surface area contributed by atoms with Crippen LogP contribution in [0.3, 0.4) is 0 Å². The molecule has 1 aliphatic carbocycles. The number of amidine groups is 1. The van der Waals surface area contributed by atoms with Gasteiger partial charge in [-0.2, -0.15) is 5.10 Å². The normalized spacial score (nSPS) is 16.6. The average molecular weight is 445 g/mol. The number of carbonyl (C=O) groups excluding carboxylic acids is 1. The lowest BCUT2D eigenvalue weighted by atomic mass is 10.1. The molecule has 0 aromatic carbocycles. The highest BCUT2D eigenvalue weighted by molar-refractivity contribution is 5.84. The molecule has 9 heteroatoms. The first-order valence-electron chi connectivity index (χ1n) is 10.2. The Balaban J connectivity index is 0.00000302. The average Bonchev–Trinajstić information content (AvgIpc) is 2.75. The van der Waals surface area contributed by atoms with Gasteiger partial charge in [0.1, 0.15) is 18.5 Å². The van der Waals surface area contributed by atoms with Gasteiger partial charge in [-0.25, -0.2) is 10.0 Å². The first-order chi connectivity index (χ1) is 15.3. The quantitative estimate of drug-likeness (QED) is 0.185. The standard InChI is InChI=1S/C21H32N6O2.C2H4O/c1-7-21(24-15-26(4)16(2)3)27(25-14-22)20(23)12-17-9-8-10-18(28-5)13-19(11-17)29-6;1-2-3/h7-8,10-11,14-16,23H,9,12H2,1-6H3,(H2,22,25);2H,1H3/b10-8-,17-11+,21-7+,23-20?,24-15-;. The van der Waals surface area contributed by atoms with E-state index in [0.29, 0.717) is 36.2 Å². The maximum absolute atomic E-state index is 8.81. The van der Waals surface area contributed by atoms with Crippen LogP contribution in [0.15, 0.2) is 63.0 Å². The largest absolute Gasteiger partial charge is 0.489 e. The first kappa shape index (κ1) is 28.4. The second-order valence-electron chi connectivity index (χ2n) is 6.76. The molecule has 0 spiro atoms. The summed E-state index contributed by atoms with van der Waals surface area (Å²) in [7, 11) is 5.10. The fourth-order valence-electron chi connectivity index (χ4n) is 2.27. The van der Waals surface area contributed by atoms with E-state index < -0.39 is 0 Å². The van der Waals surface area contributed by atoms with E-state index >= 15 is 0 Å². The smallest absolute Gasteiger partial charge is 0.165 e. The molecule has 0 aromatic heterocycles. The van der Waals surface area contributed by atoms with Crippen molar-refractivity contribution in [2.45, 2.75) is 46.6 Å². The molecule has 0 unspecified atom stereocenters. The Bertz CT molecular complexity index is 831. The number of nitrogens with two attached hydrogens (primary N) is 1. The molecule has 0 atom stereocenters. The number of methoxy groups -OCH3 is 2. The third-order valence-corrected chi connectivity index (χ3v) is 4.16. The summed E-state index contributed by atoms with van der Waals surface area (Å²) >= 11 is 0. The number of hydrazone groups is 1. The Morgan fingerprint density at radius 1 is 1.31 bits per heavy atom. The number of nitrogens with one attached hydrogen (secondary N) is 1. The van der Waals surface area contributed by atoms with Gasteiger partial charge in [-0.3, -0.25) is 5.41 Å². The van der Waals surface area contributed by atoms with E-state index in [2.05, 4.69) is 29.7 Å². The zero-order valence-electron chi connectivity index (χ0n) is 20.1. The van der Waals surface area contributed by atoms with E-state index in [1.165, 1.54) is 11.9 Å². The van der Waals surface area contributed by atoms with Crippen LogP contribution in [0.1, 0.15) is 40.5 Å². The van der Waals surface area contributed by atoms with E-state index in [4.69, 9.17) is 25.4 Å². The van der Waals surface area contributed by atoms with Crippen LogP contribution in [-0.4, -0.2) is 62.0 Å². The van der Waals surface area contributed by atoms with Crippen molar-refractivity contribution in [2.75, 3.05) is 21.3 Å². The number of hydrogen-bond donors (Lipinski definition) is 2. The summed E-state index contributed by atoms with van der Waals surface area (Å²) in [5.41, 5.74) is 9.52. The van der Waals surface area contributed by atoms with Gasteiger partial charge >= 0.3 is 0 Å². The zero-order valence-corrected chi connectivity index (χ0v) is 20.1. The lowest BCUT2D eigenvalue weighted by Crippen LogP contribution is -2.28. The van der Waals surface area contributed by atoms with E-state index in [0.717, 1.165) is 18.2 Å². The van der Waals surface area contributed by atoms with E-state index in [9.17, 15) is 0 Å². The molecule has 3 N–H and O–H groups in total. The second-order valence-corrected chi connectivity index (χ2v) is 6.76. The van der Waals surface area contributed by atoms with Crippen molar-refractivity contribution in [1.82, 2.24) is 9.91 Å². The SMILES string of the molecule is C/C=C(\N=C/N(C)C(C)C)N(/N=C/N)C(=N)C/C1=C/C(OC)=C=C(OC)/C=C\C1.CC=O. The van der Waals surface area contributed by atoms with E-state index in [-0.39, 0.29) is 5.84 Å². The minimum Gasteiger partial charge on any atom is -0.489 e. The molecule has 0 heterocycles. The van der Waals surface area contributed by atoms with Crippen LogP contribution in [0, 0.1) is 5.41 Å². The molecule has 0 radical (unpaired) electrons. The topological polar surface area (TPSA) is 117 Å². The van der Waals surface area contributed by atoms with Gasteiger partial charge in [-0.05, 0) is 58.1 Å². The van der Waals surface area contributed by atoms with E-state index in [1.807, 2.05) is 37.1 Å². The first-order valence-corrected chi connectivity index (χ1v) is 10.2. The van der Waals surface area contributed by atoms with Gasteiger partial charge < -0.3 is 24.9 Å². The molecule has 1 rings (SSSR count). The summed E-state index contributed by atoms with van der Waals surface area (Å²) in [5.74, 6) is 1.86. The second kappa shape index (κ2) is 16.2. The molecule has 1 aliphatic rings. The number of carbonyl (C=O) groups is 1. The van der Waals surface area contributed by atoms with Gasteiger partial charge in [0, 0.05) is 19.5 Å². The number of ether oxygens (including phenoxy) is 2. The van der Waals surface area contributed by atoms with Crippen molar-refractivity contribution in [3.8, 4) is 0 Å². The summed E-state index contributed by atoms with van der Waals surface area (Å²) in [5, 5.41) is 14.1. The molecule has 0 fully saturated rings. The Morgan fingerprint density at radius 2 is 1.94 bits per heavy atom. The third kappa shape index (κ3) is 10.4. The minimum absolute atomic E-state index is 0.232. The number of nitrogens with zero attached hydrogens (tertiary/aromatic N) is 4. The van der Waals surface area contributed by atoms with Crippen LogP contribution in [0.4, 0.5) is 0 Å². The molecule has 0 saturated carbocycles. The summed E-state index contributed by atoms with van der Waals surface area (Å²) in [6.07, 6.45) is 12.0. The Kier molecular flexibility index (Phi) is 14.3. The predicted molar refractivity (Wildman–Crippen MR) is 130 cm³/mol. The van der Waals surface area contributed by atoms with Crippen LogP contribution in [-0.2, 0) is 14.3 Å². The van der Waals surface area contributed by atoms with Crippen molar-refractivity contribution in [3.63, 3.8) is 0 Å². The van der Waals surface area contributed by atoms with Crippen LogP contribution >= 0.6 is 0 Å². The minimum atomic E-state index is 0.232. The lowest BCUT2D eigenvalue weighted by molar-refractivity contribution is -0.106. The van der Waals surface area contributed by atoms with Gasteiger partial charge in [0.05, 0.1) is 20.6 Å². The number of allylic oxidation sites excluding steroid dienone is 3. The highest BCUT2D eigenvalue weighted by atomic mass is 16.5. The third-order valence-electron chi connectivity index (χ3n) is 4.16. The summed E-state index contributed by atoms with van der Waals surface area (Å²) in [4.78, 5) is 15.2. The zero-order chi connectivity index (χ0) is 24.5. The summed E-state index contributed by atoms with van der Waals surface area (Å²) in [6, 6.07) is 0.305. The van der Waals surface area contributed by atoms with Gasteiger partial charge in [0.15, 0.2) is 17.3 Å². The summed E-state index contributed by atoms with van der Waals surface area (Å²) in [6.45, 7) is 7.42. The predicted octanol–water partition coefficient (Wildman–Crippen LogP) is 3.54. The molecular weight excluding hydrogens is 408 g/mol. The van der Waals surface area contributed by atoms with Crippen LogP contribution in [0.25, 0.3) is 0 Å². The van der Waals surface area contributed by atoms with Gasteiger partial charge in [-0.1, -0.05) is 11.6 Å². The molecule has 32 heavy (non-hydrogen) atoms. The van der Waals surface area contributed by atoms with E-state index in [1.54, 1.807) is 26.6 Å². The Morgan fingerprint density at radius 3 is 2.44 bits per heavy atom. The van der Waals surface area contributed by atoms with Crippen molar-refractivity contribution in [3.05, 3.63) is 52.9 Å². The van der Waals surface area contributed by atoms with Crippen LogP contribution in [0.2, 0.25) is 0 Å². The van der Waals surface area contributed by atoms with Gasteiger partial charge in [0.25, 0.3) is 0 Å². The van der Waals surface area contributed by atoms with Crippen LogP contribution in [0.5, 0.6) is 0 Å². The Labute approximate surface area is 191 Å². The molecular formula is C23H36N6O3. The molecule has 0 amide bonds. The van der Waals surface area contributed by atoms with Gasteiger partial charge in [-0.15, -0.1) is 0 Å². The molecule has 0 aliphatic heterocycles.